The van der Waals surface area contributed by atoms with Crippen LogP contribution in [0, 0.1) is 11.3 Å². The van der Waals surface area contributed by atoms with Gasteiger partial charge in [0.15, 0.2) is 0 Å². The van der Waals surface area contributed by atoms with Crippen LogP contribution in [0.1, 0.15) is 25.0 Å². The second-order valence-corrected chi connectivity index (χ2v) is 6.99. The van der Waals surface area contributed by atoms with Gasteiger partial charge < -0.3 is 9.80 Å². The van der Waals surface area contributed by atoms with E-state index < -0.39 is 17.3 Å². The monoisotopic (exact) mass is 439 g/mol. The van der Waals surface area contributed by atoms with Crippen molar-refractivity contribution in [1.29, 1.82) is 5.26 Å². The normalized spacial score (nSPS) is 18.9. The fraction of sp³-hybridized carbons (Fsp3) is 0.350. The lowest BCUT2D eigenvalue weighted by Crippen LogP contribution is -2.59. The van der Waals surface area contributed by atoms with Crippen LogP contribution in [-0.2, 0) is 6.18 Å². The molecular weight excluding hydrogens is 419 g/mol. The summed E-state index contributed by atoms with van der Waals surface area (Å²) in [6.07, 6.45) is -3.04. The molecule has 1 fully saturated rings. The van der Waals surface area contributed by atoms with Gasteiger partial charge in [0.2, 0.25) is 0 Å². The summed E-state index contributed by atoms with van der Waals surface area (Å²) in [5.74, 6) is 0.432. The average molecular weight is 440 g/mol. The van der Waals surface area contributed by atoms with E-state index in [9.17, 15) is 18.0 Å². The number of halogens is 4. The first-order chi connectivity index (χ1) is 13.7. The van der Waals surface area contributed by atoms with Crippen molar-refractivity contribution in [2.24, 2.45) is 0 Å². The zero-order valence-electron chi connectivity index (χ0n) is 16.3. The lowest BCUT2D eigenvalue weighted by molar-refractivity contribution is -0.137. The molecule has 2 amide bonds. The summed E-state index contributed by atoms with van der Waals surface area (Å²) in [4.78, 5) is 20.1. The molecule has 0 spiro atoms. The molecule has 0 radical (unpaired) electrons. The molecular formula is C20H21ClF3N5O. The van der Waals surface area contributed by atoms with E-state index in [1.54, 1.807) is 35.4 Å². The molecule has 0 aliphatic carbocycles. The highest BCUT2D eigenvalue weighted by molar-refractivity contribution is 5.88. The molecule has 1 N–H and O–H groups in total. The highest BCUT2D eigenvalue weighted by Gasteiger charge is 2.36. The molecule has 160 valence electrons. The number of nitrogens with one attached hydrogen (secondary N) is 1. The molecule has 6 nitrogen and oxygen atoms in total. The van der Waals surface area contributed by atoms with Crippen molar-refractivity contribution in [1.82, 2.24) is 9.88 Å². The van der Waals surface area contributed by atoms with Crippen molar-refractivity contribution in [3.8, 4) is 6.07 Å². The minimum Gasteiger partial charge on any atom is -0.365 e. The number of nitrogens with zero attached hydrogens (tertiary/aromatic N) is 4. The van der Waals surface area contributed by atoms with E-state index in [1.807, 2.05) is 18.7 Å². The molecule has 3 rings (SSSR count). The standard InChI is InChI=1S/C20H20F3N5O.ClH/c1-13-12-28(19(29)26-18-5-3-4-8-25-18)14(2)11-27(13)16-7-6-15(10-24)17(9-16)20(21,22)23;/h3-9,13-14H,11-12H2,1-2H3,(H,25,26,29);1H/t13-,14+;/m0./s1. The molecule has 1 aromatic carbocycles. The highest BCUT2D eigenvalue weighted by atomic mass is 35.5. The van der Waals surface area contributed by atoms with E-state index in [0.717, 1.165) is 6.07 Å². The lowest BCUT2D eigenvalue weighted by atomic mass is 10.0. The number of hydrogen-bond donors (Lipinski definition) is 1. The van der Waals surface area contributed by atoms with Gasteiger partial charge in [-0.2, -0.15) is 18.4 Å². The Morgan fingerprint density at radius 2 is 1.93 bits per heavy atom. The molecule has 0 saturated carbocycles. The molecule has 1 saturated heterocycles. The van der Waals surface area contributed by atoms with Gasteiger partial charge in [0, 0.05) is 37.1 Å². The molecule has 2 aromatic rings. The van der Waals surface area contributed by atoms with Gasteiger partial charge in [0.25, 0.3) is 0 Å². The third-order valence-electron chi connectivity index (χ3n) is 4.91. The van der Waals surface area contributed by atoms with Crippen LogP contribution in [0.3, 0.4) is 0 Å². The zero-order valence-corrected chi connectivity index (χ0v) is 17.2. The molecule has 1 aromatic heterocycles. The minimum atomic E-state index is -4.61. The van der Waals surface area contributed by atoms with E-state index in [2.05, 4.69) is 10.3 Å². The number of amides is 2. The first kappa shape index (κ1) is 23.3. The van der Waals surface area contributed by atoms with Crippen LogP contribution in [0.5, 0.6) is 0 Å². The van der Waals surface area contributed by atoms with Crippen molar-refractivity contribution < 1.29 is 18.0 Å². The predicted octanol–water partition coefficient (Wildman–Crippen LogP) is 4.52. The zero-order chi connectivity index (χ0) is 21.2. The number of carbonyl (C=O) groups is 1. The molecule has 30 heavy (non-hydrogen) atoms. The number of aromatic nitrogens is 1. The van der Waals surface area contributed by atoms with Crippen molar-refractivity contribution in [2.45, 2.75) is 32.1 Å². The van der Waals surface area contributed by atoms with Gasteiger partial charge in [-0.15, -0.1) is 12.4 Å². The number of nitriles is 1. The lowest BCUT2D eigenvalue weighted by Gasteiger charge is -2.45. The molecule has 1 aliphatic rings. The molecule has 1 aliphatic heterocycles. The van der Waals surface area contributed by atoms with E-state index in [1.165, 1.54) is 12.1 Å². The molecule has 2 heterocycles. The van der Waals surface area contributed by atoms with E-state index in [4.69, 9.17) is 5.26 Å². The first-order valence-corrected chi connectivity index (χ1v) is 9.07. The summed E-state index contributed by atoms with van der Waals surface area (Å²) in [5, 5.41) is 11.7. The van der Waals surface area contributed by atoms with Crippen LogP contribution in [0.4, 0.5) is 29.5 Å². The fourth-order valence-corrected chi connectivity index (χ4v) is 3.43. The SMILES string of the molecule is C[C@@H]1CN(c2ccc(C#N)c(C(F)(F)F)c2)[C@@H](C)CN1C(=O)Nc1ccccn1.Cl. The van der Waals surface area contributed by atoms with Gasteiger partial charge >= 0.3 is 12.2 Å². The topological polar surface area (TPSA) is 72.3 Å². The number of anilines is 2. The summed E-state index contributed by atoms with van der Waals surface area (Å²) in [7, 11) is 0. The van der Waals surface area contributed by atoms with Gasteiger partial charge in [0.1, 0.15) is 5.82 Å². The molecule has 2 atom stereocenters. The number of carbonyl (C=O) groups excluding carboxylic acids is 1. The number of hydrogen-bond acceptors (Lipinski definition) is 4. The Balaban J connectivity index is 0.00000320. The molecule has 0 bridgehead atoms. The quantitative estimate of drug-likeness (QED) is 0.746. The summed E-state index contributed by atoms with van der Waals surface area (Å²) in [6.45, 7) is 4.38. The Morgan fingerprint density at radius 3 is 2.53 bits per heavy atom. The highest BCUT2D eigenvalue weighted by Crippen LogP contribution is 2.35. The number of pyridine rings is 1. The van der Waals surface area contributed by atoms with Gasteiger partial charge in [0.05, 0.1) is 17.2 Å². The van der Waals surface area contributed by atoms with Gasteiger partial charge in [-0.25, -0.2) is 9.78 Å². The Kier molecular flexibility index (Phi) is 7.16. The number of alkyl halides is 3. The smallest absolute Gasteiger partial charge is 0.365 e. The second kappa shape index (κ2) is 9.22. The maximum Gasteiger partial charge on any atom is 0.417 e. The third-order valence-corrected chi connectivity index (χ3v) is 4.91. The third kappa shape index (κ3) is 4.94. The van der Waals surface area contributed by atoms with Crippen LogP contribution in [0.2, 0.25) is 0 Å². The second-order valence-electron chi connectivity index (χ2n) is 6.99. The predicted molar refractivity (Wildman–Crippen MR) is 110 cm³/mol. The Morgan fingerprint density at radius 1 is 1.20 bits per heavy atom. The maximum atomic E-state index is 13.3. The summed E-state index contributed by atoms with van der Waals surface area (Å²) < 4.78 is 39.9. The number of benzene rings is 1. The fourth-order valence-electron chi connectivity index (χ4n) is 3.43. The Bertz CT molecular complexity index is 932. The summed E-state index contributed by atoms with van der Waals surface area (Å²) in [5.41, 5.74) is -0.983. The van der Waals surface area contributed by atoms with Crippen molar-refractivity contribution in [2.75, 3.05) is 23.3 Å². The average Bonchev–Trinajstić information content (AvgIpc) is 2.69. The van der Waals surface area contributed by atoms with Crippen LogP contribution >= 0.6 is 12.4 Å². The van der Waals surface area contributed by atoms with Crippen LogP contribution in [0.25, 0.3) is 0 Å². The van der Waals surface area contributed by atoms with Gasteiger partial charge in [-0.3, -0.25) is 5.32 Å². The number of rotatable bonds is 2. The summed E-state index contributed by atoms with van der Waals surface area (Å²) in [6, 6.07) is 9.73. The van der Waals surface area contributed by atoms with Gasteiger partial charge in [-0.05, 0) is 44.2 Å². The molecule has 0 unspecified atom stereocenters. The van der Waals surface area contributed by atoms with Crippen molar-refractivity contribution in [3.63, 3.8) is 0 Å². The Hall–Kier alpha value is -2.99. The summed E-state index contributed by atoms with van der Waals surface area (Å²) >= 11 is 0. The Labute approximate surface area is 178 Å². The number of urea groups is 1. The van der Waals surface area contributed by atoms with Crippen LogP contribution in [-0.4, -0.2) is 41.1 Å². The maximum absolute atomic E-state index is 13.3. The van der Waals surface area contributed by atoms with E-state index in [0.29, 0.717) is 24.6 Å². The van der Waals surface area contributed by atoms with Crippen molar-refractivity contribution in [3.05, 3.63) is 53.7 Å². The van der Waals surface area contributed by atoms with Gasteiger partial charge in [-0.1, -0.05) is 6.07 Å². The number of piperazine rings is 1. The first-order valence-electron chi connectivity index (χ1n) is 9.07. The van der Waals surface area contributed by atoms with Crippen molar-refractivity contribution >= 4 is 29.9 Å². The molecule has 10 heteroatoms. The largest absolute Gasteiger partial charge is 0.417 e. The minimum absolute atomic E-state index is 0. The van der Waals surface area contributed by atoms with E-state index in [-0.39, 0.29) is 30.5 Å². The van der Waals surface area contributed by atoms with Crippen LogP contribution in [0.15, 0.2) is 42.6 Å². The van der Waals surface area contributed by atoms with Crippen LogP contribution < -0.4 is 10.2 Å². The van der Waals surface area contributed by atoms with E-state index >= 15 is 0 Å².